The molecule has 1 rings (SSSR count). The van der Waals surface area contributed by atoms with Crippen molar-refractivity contribution in [3.8, 4) is 0 Å². The molecule has 0 bridgehead atoms. The van der Waals surface area contributed by atoms with Crippen molar-refractivity contribution in [2.45, 2.75) is 58.5 Å². The van der Waals surface area contributed by atoms with Gasteiger partial charge >= 0.3 is 0 Å². The molecule has 0 radical (unpaired) electrons. The highest BCUT2D eigenvalue weighted by Crippen LogP contribution is 2.08. The topological polar surface area (TPSA) is 52.6 Å². The summed E-state index contributed by atoms with van der Waals surface area (Å²) >= 11 is 0. The van der Waals surface area contributed by atoms with Gasteiger partial charge in [0.05, 0.1) is 12.2 Å². The minimum atomic E-state index is 0.430. The molecule has 0 aliphatic heterocycles. The molecule has 1 unspecified atom stereocenters. The average molecular weight is 319 g/mol. The van der Waals surface area contributed by atoms with Crippen LogP contribution in [0.3, 0.4) is 0 Å². The molecule has 0 aliphatic rings. The molecular weight excluding hydrogens is 286 g/mol. The summed E-state index contributed by atoms with van der Waals surface area (Å²) in [6, 6.07) is 6.50. The number of guanidine groups is 1. The van der Waals surface area contributed by atoms with Gasteiger partial charge in [0.2, 0.25) is 0 Å². The fourth-order valence-electron chi connectivity index (χ4n) is 2.37. The first kappa shape index (κ1) is 19.3. The van der Waals surface area contributed by atoms with Crippen molar-refractivity contribution in [2.75, 3.05) is 26.0 Å². The van der Waals surface area contributed by atoms with Crippen molar-refractivity contribution in [2.24, 2.45) is 4.99 Å². The number of hydrogen-bond donors (Lipinski definition) is 2. The van der Waals surface area contributed by atoms with E-state index < -0.39 is 0 Å². The number of hydrogen-bond acceptors (Lipinski definition) is 3. The lowest BCUT2D eigenvalue weighted by atomic mass is 10.1. The first-order chi connectivity index (χ1) is 11.1. The fraction of sp³-hybridized carbons (Fsp3) is 0.667. The van der Waals surface area contributed by atoms with Crippen molar-refractivity contribution in [3.63, 3.8) is 0 Å². The third-order valence-corrected chi connectivity index (χ3v) is 3.78. The molecule has 0 aliphatic carbocycles. The summed E-state index contributed by atoms with van der Waals surface area (Å²) in [7, 11) is 5.81. The Balaban J connectivity index is 2.40. The van der Waals surface area contributed by atoms with Crippen LogP contribution in [0.4, 0.5) is 5.82 Å². The predicted octanol–water partition coefficient (Wildman–Crippen LogP) is 3.17. The fourth-order valence-corrected chi connectivity index (χ4v) is 2.37. The zero-order valence-corrected chi connectivity index (χ0v) is 15.4. The molecule has 0 amide bonds. The largest absolute Gasteiger partial charge is 0.363 e. The molecule has 1 heterocycles. The first-order valence-corrected chi connectivity index (χ1v) is 8.67. The highest BCUT2D eigenvalue weighted by molar-refractivity contribution is 5.79. The molecule has 5 heteroatoms. The van der Waals surface area contributed by atoms with Crippen LogP contribution >= 0.6 is 0 Å². The summed E-state index contributed by atoms with van der Waals surface area (Å²) in [5.74, 6) is 1.81. The molecule has 23 heavy (non-hydrogen) atoms. The van der Waals surface area contributed by atoms with E-state index in [1.54, 1.807) is 0 Å². The summed E-state index contributed by atoms with van der Waals surface area (Å²) in [4.78, 5) is 10.9. The number of anilines is 1. The number of pyridine rings is 1. The van der Waals surface area contributed by atoms with E-state index in [0.29, 0.717) is 12.6 Å². The van der Waals surface area contributed by atoms with Crippen molar-refractivity contribution < 1.29 is 0 Å². The molecule has 130 valence electrons. The van der Waals surface area contributed by atoms with Gasteiger partial charge in [-0.15, -0.1) is 0 Å². The Morgan fingerprint density at radius 1 is 1.26 bits per heavy atom. The molecule has 0 saturated carbocycles. The Morgan fingerprint density at radius 3 is 2.70 bits per heavy atom. The minimum Gasteiger partial charge on any atom is -0.363 e. The normalized spacial score (nSPS) is 12.8. The number of nitrogens with zero attached hydrogens (tertiary/aromatic N) is 3. The van der Waals surface area contributed by atoms with Crippen LogP contribution in [0.5, 0.6) is 0 Å². The number of aromatic nitrogens is 1. The van der Waals surface area contributed by atoms with Crippen molar-refractivity contribution in [3.05, 3.63) is 23.9 Å². The van der Waals surface area contributed by atoms with Crippen LogP contribution in [0, 0.1) is 0 Å². The molecular formula is C18H33N5. The van der Waals surface area contributed by atoms with Gasteiger partial charge in [0.15, 0.2) is 5.96 Å². The Labute approximate surface area is 141 Å². The second-order valence-electron chi connectivity index (χ2n) is 6.20. The van der Waals surface area contributed by atoms with Gasteiger partial charge in [-0.1, -0.05) is 38.7 Å². The van der Waals surface area contributed by atoms with Crippen LogP contribution in [-0.4, -0.2) is 38.1 Å². The lowest BCUT2D eigenvalue weighted by molar-refractivity contribution is 0.537. The van der Waals surface area contributed by atoms with E-state index in [1.807, 2.05) is 44.2 Å². The van der Waals surface area contributed by atoms with E-state index in [-0.39, 0.29) is 0 Å². The van der Waals surface area contributed by atoms with E-state index in [9.17, 15) is 0 Å². The highest BCUT2D eigenvalue weighted by Gasteiger charge is 2.06. The van der Waals surface area contributed by atoms with Crippen molar-refractivity contribution >= 4 is 11.8 Å². The Bertz CT molecular complexity index is 470. The Kier molecular flexibility index (Phi) is 9.10. The minimum absolute atomic E-state index is 0.430. The SMILES string of the molecule is CCCCCCC(C)NC(=NC)NCc1cccc(N(C)C)n1. The van der Waals surface area contributed by atoms with Crippen LogP contribution in [0.2, 0.25) is 0 Å². The van der Waals surface area contributed by atoms with Crippen molar-refractivity contribution in [1.82, 2.24) is 15.6 Å². The Hall–Kier alpha value is -1.78. The lowest BCUT2D eigenvalue weighted by Crippen LogP contribution is -2.42. The molecule has 2 N–H and O–H groups in total. The summed E-state index contributed by atoms with van der Waals surface area (Å²) in [5.41, 5.74) is 1.01. The first-order valence-electron chi connectivity index (χ1n) is 8.67. The summed E-state index contributed by atoms with van der Waals surface area (Å²) in [6.45, 7) is 5.13. The molecule has 0 aromatic carbocycles. The molecule has 0 fully saturated rings. The monoisotopic (exact) mass is 319 g/mol. The van der Waals surface area contributed by atoms with E-state index in [1.165, 1.54) is 32.1 Å². The number of unbranched alkanes of at least 4 members (excludes halogenated alkanes) is 3. The van der Waals surface area contributed by atoms with Gasteiger partial charge in [0.25, 0.3) is 0 Å². The van der Waals surface area contributed by atoms with Gasteiger partial charge in [0.1, 0.15) is 5.82 Å². The maximum atomic E-state index is 4.61. The van der Waals surface area contributed by atoms with Gasteiger partial charge < -0.3 is 15.5 Å². The molecule has 1 aromatic rings. The van der Waals surface area contributed by atoms with Gasteiger partial charge in [-0.25, -0.2) is 4.98 Å². The lowest BCUT2D eigenvalue weighted by Gasteiger charge is -2.18. The summed E-state index contributed by atoms with van der Waals surface area (Å²) < 4.78 is 0. The average Bonchev–Trinajstić information content (AvgIpc) is 2.55. The Morgan fingerprint density at radius 2 is 2.04 bits per heavy atom. The second-order valence-corrected chi connectivity index (χ2v) is 6.20. The van der Waals surface area contributed by atoms with Crippen LogP contribution in [0.15, 0.2) is 23.2 Å². The van der Waals surface area contributed by atoms with Gasteiger partial charge in [-0.2, -0.15) is 0 Å². The summed E-state index contributed by atoms with van der Waals surface area (Å²) in [6.07, 6.45) is 6.37. The standard InChI is InChI=1S/C18H33N5/c1-6-7-8-9-11-15(2)21-18(19-3)20-14-16-12-10-13-17(22-16)23(4)5/h10,12-13,15H,6-9,11,14H2,1-5H3,(H2,19,20,21). The zero-order chi connectivity index (χ0) is 17.1. The molecule has 1 atom stereocenters. The quantitative estimate of drug-likeness (QED) is 0.417. The smallest absolute Gasteiger partial charge is 0.191 e. The highest BCUT2D eigenvalue weighted by atomic mass is 15.2. The van der Waals surface area contributed by atoms with E-state index in [0.717, 1.165) is 17.5 Å². The van der Waals surface area contributed by atoms with Crippen molar-refractivity contribution in [1.29, 1.82) is 0 Å². The molecule has 0 saturated heterocycles. The van der Waals surface area contributed by atoms with E-state index in [4.69, 9.17) is 0 Å². The number of aliphatic imine (C=N–C) groups is 1. The van der Waals surface area contributed by atoms with E-state index >= 15 is 0 Å². The number of nitrogens with one attached hydrogen (secondary N) is 2. The van der Waals surface area contributed by atoms with Gasteiger partial charge in [0, 0.05) is 27.2 Å². The molecule has 0 spiro atoms. The zero-order valence-electron chi connectivity index (χ0n) is 15.4. The van der Waals surface area contributed by atoms with Crippen LogP contribution in [0.1, 0.15) is 51.6 Å². The van der Waals surface area contributed by atoms with E-state index in [2.05, 4.69) is 34.5 Å². The molecule has 5 nitrogen and oxygen atoms in total. The third kappa shape index (κ3) is 7.86. The second kappa shape index (κ2) is 10.9. The van der Waals surface area contributed by atoms with Crippen LogP contribution < -0.4 is 15.5 Å². The summed E-state index contributed by atoms with van der Waals surface area (Å²) in [5, 5.41) is 6.79. The predicted molar refractivity (Wildman–Crippen MR) is 100 cm³/mol. The molecule has 1 aromatic heterocycles. The van der Waals surface area contributed by atoms with Crippen LogP contribution in [0.25, 0.3) is 0 Å². The van der Waals surface area contributed by atoms with Crippen LogP contribution in [-0.2, 0) is 6.54 Å². The maximum absolute atomic E-state index is 4.61. The van der Waals surface area contributed by atoms with Gasteiger partial charge in [-0.05, 0) is 25.5 Å². The maximum Gasteiger partial charge on any atom is 0.191 e. The third-order valence-electron chi connectivity index (χ3n) is 3.78. The van der Waals surface area contributed by atoms with Gasteiger partial charge in [-0.3, -0.25) is 4.99 Å². The number of rotatable bonds is 9.